The van der Waals surface area contributed by atoms with Gasteiger partial charge in [-0.05, 0) is 37.3 Å². The van der Waals surface area contributed by atoms with Crippen molar-refractivity contribution in [1.82, 2.24) is 9.61 Å². The summed E-state index contributed by atoms with van der Waals surface area (Å²) in [7, 11) is 0. The highest BCUT2D eigenvalue weighted by Crippen LogP contribution is 2.24. The molecule has 20 heavy (non-hydrogen) atoms. The van der Waals surface area contributed by atoms with E-state index in [0.29, 0.717) is 0 Å². The smallest absolute Gasteiger partial charge is 0.0896 e. The van der Waals surface area contributed by atoms with Gasteiger partial charge >= 0.3 is 0 Å². The van der Waals surface area contributed by atoms with Crippen molar-refractivity contribution in [3.63, 3.8) is 0 Å². The number of fused-ring (bicyclic) bond motifs is 1. The molecule has 0 aromatic carbocycles. The fourth-order valence-electron chi connectivity index (χ4n) is 2.68. The van der Waals surface area contributed by atoms with Crippen LogP contribution in [0.4, 0.5) is 5.69 Å². The Bertz CT molecular complexity index is 549. The Morgan fingerprint density at radius 2 is 2.15 bits per heavy atom. The molecular weight excluding hydrogens is 274 g/mol. The minimum atomic E-state index is 0. The number of aryl methyl sites for hydroxylation is 1. The molecule has 1 aliphatic rings. The molecule has 0 atom stereocenters. The predicted octanol–water partition coefficient (Wildman–Crippen LogP) is 3.16. The maximum atomic E-state index is 5.41. The van der Waals surface area contributed by atoms with Crippen molar-refractivity contribution in [2.75, 3.05) is 25.1 Å². The van der Waals surface area contributed by atoms with Crippen LogP contribution in [-0.2, 0) is 11.2 Å². The van der Waals surface area contributed by atoms with Crippen LogP contribution >= 0.6 is 12.4 Å². The Kier molecular flexibility index (Phi) is 5.26. The van der Waals surface area contributed by atoms with Crippen LogP contribution in [0.3, 0.4) is 0 Å². The van der Waals surface area contributed by atoms with Crippen LogP contribution in [0.1, 0.15) is 25.5 Å². The highest BCUT2D eigenvalue weighted by molar-refractivity contribution is 5.85. The van der Waals surface area contributed by atoms with E-state index in [4.69, 9.17) is 4.74 Å². The van der Waals surface area contributed by atoms with Gasteiger partial charge in [0.05, 0.1) is 16.9 Å². The van der Waals surface area contributed by atoms with Gasteiger partial charge in [-0.3, -0.25) is 0 Å². The monoisotopic (exact) mass is 295 g/mol. The van der Waals surface area contributed by atoms with E-state index in [1.807, 2.05) is 16.8 Å². The molecule has 5 heteroatoms. The standard InChI is InChI=1S/C15H21N3O.ClH/c1-2-13-15(14-5-3-4-8-18(14)17-13)16-11-12-6-9-19-10-7-12;/h3-5,8,12,16H,2,6-7,9-11H2,1H3;1H. The first kappa shape index (κ1) is 15.1. The normalized spacial score (nSPS) is 16.1. The van der Waals surface area contributed by atoms with Crippen LogP contribution in [0.5, 0.6) is 0 Å². The van der Waals surface area contributed by atoms with Crippen LogP contribution in [0, 0.1) is 5.92 Å². The van der Waals surface area contributed by atoms with Crippen LogP contribution in [0.25, 0.3) is 5.52 Å². The van der Waals surface area contributed by atoms with Gasteiger partial charge in [0.1, 0.15) is 0 Å². The average Bonchev–Trinajstić information content (AvgIpc) is 2.84. The zero-order valence-corrected chi connectivity index (χ0v) is 12.7. The van der Waals surface area contributed by atoms with Crippen LogP contribution in [0.2, 0.25) is 0 Å². The van der Waals surface area contributed by atoms with Gasteiger partial charge in [0.2, 0.25) is 0 Å². The number of anilines is 1. The molecule has 0 saturated carbocycles. The van der Waals surface area contributed by atoms with Gasteiger partial charge in [0.15, 0.2) is 0 Å². The van der Waals surface area contributed by atoms with E-state index in [0.717, 1.165) is 50.6 Å². The number of pyridine rings is 1. The Hall–Kier alpha value is -1.26. The minimum absolute atomic E-state index is 0. The molecule has 0 bridgehead atoms. The summed E-state index contributed by atoms with van der Waals surface area (Å²) in [6, 6.07) is 6.20. The van der Waals surface area contributed by atoms with Gasteiger partial charge in [-0.25, -0.2) is 4.52 Å². The molecule has 2 aromatic heterocycles. The molecule has 1 saturated heterocycles. The molecule has 4 nitrogen and oxygen atoms in total. The minimum Gasteiger partial charge on any atom is -0.381 e. The molecule has 0 amide bonds. The lowest BCUT2D eigenvalue weighted by molar-refractivity contribution is 0.0699. The predicted molar refractivity (Wildman–Crippen MR) is 83.9 cm³/mol. The van der Waals surface area contributed by atoms with E-state index in [1.54, 1.807) is 0 Å². The van der Waals surface area contributed by atoms with Crippen LogP contribution < -0.4 is 5.32 Å². The Labute approximate surface area is 125 Å². The number of halogens is 1. The molecule has 1 fully saturated rings. The molecule has 110 valence electrons. The first-order valence-corrected chi connectivity index (χ1v) is 7.16. The van der Waals surface area contributed by atoms with E-state index in [9.17, 15) is 0 Å². The van der Waals surface area contributed by atoms with Gasteiger partial charge in [-0.2, -0.15) is 5.10 Å². The third-order valence-electron chi connectivity index (χ3n) is 3.86. The number of nitrogens with zero attached hydrogens (tertiary/aromatic N) is 2. The number of hydrogen-bond donors (Lipinski definition) is 1. The molecule has 1 N–H and O–H groups in total. The van der Waals surface area contributed by atoms with Gasteiger partial charge in [-0.15, -0.1) is 12.4 Å². The summed E-state index contributed by atoms with van der Waals surface area (Å²) in [6.45, 7) is 4.98. The summed E-state index contributed by atoms with van der Waals surface area (Å²) in [5.41, 5.74) is 3.53. The number of hydrogen-bond acceptors (Lipinski definition) is 3. The quantitative estimate of drug-likeness (QED) is 0.942. The molecule has 0 spiro atoms. The second-order valence-corrected chi connectivity index (χ2v) is 5.14. The number of nitrogens with one attached hydrogen (secondary N) is 1. The molecule has 3 rings (SSSR count). The van der Waals surface area contributed by atoms with Crippen molar-refractivity contribution in [2.24, 2.45) is 5.92 Å². The van der Waals surface area contributed by atoms with E-state index < -0.39 is 0 Å². The van der Waals surface area contributed by atoms with Gasteiger partial charge < -0.3 is 10.1 Å². The first-order chi connectivity index (χ1) is 9.38. The zero-order chi connectivity index (χ0) is 13.1. The van der Waals surface area contributed by atoms with E-state index in [2.05, 4.69) is 29.5 Å². The van der Waals surface area contributed by atoms with Crippen molar-refractivity contribution >= 4 is 23.6 Å². The molecule has 3 heterocycles. The fraction of sp³-hybridized carbons (Fsp3) is 0.533. The summed E-state index contributed by atoms with van der Waals surface area (Å²) in [5, 5.41) is 8.24. The summed E-state index contributed by atoms with van der Waals surface area (Å²) >= 11 is 0. The molecule has 2 aromatic rings. The topological polar surface area (TPSA) is 38.6 Å². The lowest BCUT2D eigenvalue weighted by Crippen LogP contribution is -2.22. The van der Waals surface area contributed by atoms with E-state index in [1.165, 1.54) is 11.2 Å². The second-order valence-electron chi connectivity index (χ2n) is 5.14. The summed E-state index contributed by atoms with van der Waals surface area (Å²) in [4.78, 5) is 0. The molecular formula is C15H22ClN3O. The fourth-order valence-corrected chi connectivity index (χ4v) is 2.68. The third kappa shape index (κ3) is 3.07. The SMILES string of the molecule is CCc1nn2ccccc2c1NCC1CCOCC1.Cl. The third-order valence-corrected chi connectivity index (χ3v) is 3.86. The average molecular weight is 296 g/mol. The van der Waals surface area contributed by atoms with Crippen molar-refractivity contribution in [3.05, 3.63) is 30.1 Å². The molecule has 0 unspecified atom stereocenters. The lowest BCUT2D eigenvalue weighted by Gasteiger charge is -2.22. The Balaban J connectivity index is 0.00000147. The summed E-state index contributed by atoms with van der Waals surface area (Å²) < 4.78 is 7.37. The number of rotatable bonds is 4. The summed E-state index contributed by atoms with van der Waals surface area (Å²) in [5.74, 6) is 0.720. The van der Waals surface area contributed by atoms with Crippen molar-refractivity contribution in [1.29, 1.82) is 0 Å². The lowest BCUT2D eigenvalue weighted by atomic mass is 10.0. The van der Waals surface area contributed by atoms with Crippen molar-refractivity contribution in [2.45, 2.75) is 26.2 Å². The molecule has 0 aliphatic carbocycles. The number of ether oxygens (including phenoxy) is 1. The second kappa shape index (κ2) is 6.95. The maximum Gasteiger partial charge on any atom is 0.0896 e. The largest absolute Gasteiger partial charge is 0.381 e. The Morgan fingerprint density at radius 1 is 1.35 bits per heavy atom. The highest BCUT2D eigenvalue weighted by atomic mass is 35.5. The highest BCUT2D eigenvalue weighted by Gasteiger charge is 2.16. The molecule has 0 radical (unpaired) electrons. The van der Waals surface area contributed by atoms with Crippen LogP contribution in [-0.4, -0.2) is 29.4 Å². The first-order valence-electron chi connectivity index (χ1n) is 7.16. The van der Waals surface area contributed by atoms with Crippen LogP contribution in [0.15, 0.2) is 24.4 Å². The van der Waals surface area contributed by atoms with Gasteiger partial charge in [-0.1, -0.05) is 13.0 Å². The number of aromatic nitrogens is 2. The Morgan fingerprint density at radius 3 is 2.90 bits per heavy atom. The van der Waals surface area contributed by atoms with E-state index in [-0.39, 0.29) is 12.4 Å². The van der Waals surface area contributed by atoms with Gasteiger partial charge in [0, 0.05) is 26.0 Å². The van der Waals surface area contributed by atoms with E-state index >= 15 is 0 Å². The van der Waals surface area contributed by atoms with Gasteiger partial charge in [0.25, 0.3) is 0 Å². The zero-order valence-electron chi connectivity index (χ0n) is 11.8. The maximum absolute atomic E-state index is 5.41. The molecule has 1 aliphatic heterocycles. The summed E-state index contributed by atoms with van der Waals surface area (Å²) in [6.07, 6.45) is 5.28. The van der Waals surface area contributed by atoms with Crippen molar-refractivity contribution < 1.29 is 4.74 Å². The van der Waals surface area contributed by atoms with Crippen molar-refractivity contribution in [3.8, 4) is 0 Å².